The molecule has 5 heteroatoms. The van der Waals surface area contributed by atoms with Gasteiger partial charge in [-0.2, -0.15) is 0 Å². The van der Waals surface area contributed by atoms with Gasteiger partial charge in [0.15, 0.2) is 0 Å². The molecule has 0 unspecified atom stereocenters. The third-order valence-electron chi connectivity index (χ3n) is 1.61. The van der Waals surface area contributed by atoms with Crippen LogP contribution in [0.2, 0.25) is 0 Å². The fourth-order valence-corrected chi connectivity index (χ4v) is 0.907. The number of pyridine rings is 1. The Hall–Kier alpha value is -1.39. The second kappa shape index (κ2) is 3.55. The Balaban J connectivity index is 3.25. The van der Waals surface area contributed by atoms with Gasteiger partial charge < -0.3 is 9.84 Å². The van der Waals surface area contributed by atoms with E-state index in [-0.39, 0.29) is 17.3 Å². The normalized spacial score (nSPS) is 10.5. The predicted molar refractivity (Wildman–Crippen MR) is 42.1 cm³/mol. The van der Waals surface area contributed by atoms with Crippen molar-refractivity contribution in [2.24, 2.45) is 0 Å². The number of ether oxygens (including phenoxy) is 1. The molecule has 0 saturated carbocycles. The van der Waals surface area contributed by atoms with Gasteiger partial charge in [-0.15, -0.1) is 0 Å². The molecule has 0 amide bonds. The van der Waals surface area contributed by atoms with Crippen molar-refractivity contribution in [3.05, 3.63) is 17.3 Å². The number of hydrogen-bond donors (Lipinski definition) is 1. The molecule has 3 nitrogen and oxygen atoms in total. The van der Waals surface area contributed by atoms with E-state index in [0.717, 1.165) is 6.07 Å². The molecule has 1 N–H and O–H groups in total. The molecule has 0 bridgehead atoms. The van der Waals surface area contributed by atoms with Crippen molar-refractivity contribution in [1.82, 2.24) is 4.98 Å². The van der Waals surface area contributed by atoms with Crippen LogP contribution in [-0.2, 0) is 0 Å². The van der Waals surface area contributed by atoms with Crippen LogP contribution in [0.3, 0.4) is 0 Å². The molecule has 72 valence electrons. The maximum absolute atomic E-state index is 12.3. The summed E-state index contributed by atoms with van der Waals surface area (Å²) in [6.07, 6.45) is -2.70. The summed E-state index contributed by atoms with van der Waals surface area (Å²) >= 11 is 0. The molecule has 0 aliphatic rings. The standard InChI is InChI=1S/C8H9F2NO2/c1-4-6(12)3-5(7(9)10)8(11-4)13-2/h3,7,12H,1-2H3. The largest absolute Gasteiger partial charge is 0.506 e. The summed E-state index contributed by atoms with van der Waals surface area (Å²) < 4.78 is 29.2. The van der Waals surface area contributed by atoms with E-state index in [0.29, 0.717) is 0 Å². The molecule has 0 atom stereocenters. The van der Waals surface area contributed by atoms with Gasteiger partial charge in [-0.3, -0.25) is 0 Å². The average molecular weight is 189 g/mol. The lowest BCUT2D eigenvalue weighted by atomic mass is 10.2. The zero-order valence-corrected chi connectivity index (χ0v) is 7.21. The van der Waals surface area contributed by atoms with Crippen LogP contribution in [0.5, 0.6) is 11.6 Å². The molecule has 0 aliphatic carbocycles. The van der Waals surface area contributed by atoms with Gasteiger partial charge >= 0.3 is 0 Å². The SMILES string of the molecule is COc1nc(C)c(O)cc1C(F)F. The zero-order valence-electron chi connectivity index (χ0n) is 7.21. The van der Waals surface area contributed by atoms with E-state index < -0.39 is 12.0 Å². The average Bonchev–Trinajstić information content (AvgIpc) is 2.08. The van der Waals surface area contributed by atoms with Crippen LogP contribution in [0.1, 0.15) is 17.7 Å². The molecular weight excluding hydrogens is 180 g/mol. The highest BCUT2D eigenvalue weighted by molar-refractivity contribution is 5.37. The number of aromatic hydroxyl groups is 1. The minimum atomic E-state index is -2.70. The van der Waals surface area contributed by atoms with Gasteiger partial charge in [0.25, 0.3) is 6.43 Å². The van der Waals surface area contributed by atoms with Crippen LogP contribution in [0, 0.1) is 6.92 Å². The number of methoxy groups -OCH3 is 1. The summed E-state index contributed by atoms with van der Waals surface area (Å²) in [4.78, 5) is 3.66. The van der Waals surface area contributed by atoms with E-state index in [1.165, 1.54) is 14.0 Å². The summed E-state index contributed by atoms with van der Waals surface area (Å²) in [5, 5.41) is 9.12. The molecule has 0 aliphatic heterocycles. The summed E-state index contributed by atoms with van der Waals surface area (Å²) in [6.45, 7) is 1.51. The minimum absolute atomic E-state index is 0.148. The van der Waals surface area contributed by atoms with Gasteiger partial charge in [0.2, 0.25) is 5.88 Å². The van der Waals surface area contributed by atoms with Crippen molar-refractivity contribution >= 4 is 0 Å². The Bertz CT molecular complexity index is 315. The number of hydrogen-bond acceptors (Lipinski definition) is 3. The van der Waals surface area contributed by atoms with E-state index in [9.17, 15) is 8.78 Å². The third kappa shape index (κ3) is 1.85. The van der Waals surface area contributed by atoms with Crippen molar-refractivity contribution in [2.45, 2.75) is 13.3 Å². The first-order chi connectivity index (χ1) is 6.06. The first-order valence-corrected chi connectivity index (χ1v) is 3.59. The topological polar surface area (TPSA) is 42.4 Å². The van der Waals surface area contributed by atoms with Crippen LogP contribution in [0.4, 0.5) is 8.78 Å². The van der Waals surface area contributed by atoms with Crippen molar-refractivity contribution in [3.8, 4) is 11.6 Å². The van der Waals surface area contributed by atoms with Crippen molar-refractivity contribution < 1.29 is 18.6 Å². The fourth-order valence-electron chi connectivity index (χ4n) is 0.907. The Morgan fingerprint density at radius 1 is 1.54 bits per heavy atom. The van der Waals surface area contributed by atoms with Crippen molar-refractivity contribution in [3.63, 3.8) is 0 Å². The first kappa shape index (κ1) is 9.70. The molecule has 1 heterocycles. The molecule has 0 saturated heterocycles. The zero-order chi connectivity index (χ0) is 10.0. The second-order valence-electron chi connectivity index (χ2n) is 2.49. The molecule has 1 aromatic rings. The Kier molecular flexibility index (Phi) is 2.65. The molecule has 0 radical (unpaired) electrons. The van der Waals surface area contributed by atoms with Crippen LogP contribution in [0.25, 0.3) is 0 Å². The van der Waals surface area contributed by atoms with Crippen LogP contribution < -0.4 is 4.74 Å². The lowest BCUT2D eigenvalue weighted by Gasteiger charge is -2.08. The van der Waals surface area contributed by atoms with Crippen LogP contribution in [0.15, 0.2) is 6.07 Å². The summed E-state index contributed by atoms with van der Waals surface area (Å²) in [5.74, 6) is -0.401. The van der Waals surface area contributed by atoms with Gasteiger partial charge in [0.05, 0.1) is 18.4 Å². The third-order valence-corrected chi connectivity index (χ3v) is 1.61. The van der Waals surface area contributed by atoms with E-state index in [1.807, 2.05) is 0 Å². The van der Waals surface area contributed by atoms with Crippen LogP contribution >= 0.6 is 0 Å². The lowest BCUT2D eigenvalue weighted by molar-refractivity contribution is 0.145. The quantitative estimate of drug-likeness (QED) is 0.774. The van der Waals surface area contributed by atoms with E-state index >= 15 is 0 Å². The van der Waals surface area contributed by atoms with Gasteiger partial charge in [-0.1, -0.05) is 0 Å². The molecule has 1 aromatic heterocycles. The highest BCUT2D eigenvalue weighted by atomic mass is 19.3. The number of nitrogens with zero attached hydrogens (tertiary/aromatic N) is 1. The smallest absolute Gasteiger partial charge is 0.269 e. The Morgan fingerprint density at radius 2 is 2.15 bits per heavy atom. The number of alkyl halides is 2. The first-order valence-electron chi connectivity index (χ1n) is 3.59. The van der Waals surface area contributed by atoms with Crippen LogP contribution in [-0.4, -0.2) is 17.2 Å². The maximum atomic E-state index is 12.3. The van der Waals surface area contributed by atoms with Gasteiger partial charge in [0, 0.05) is 0 Å². The molecule has 1 rings (SSSR count). The van der Waals surface area contributed by atoms with Gasteiger partial charge in [-0.05, 0) is 13.0 Å². The maximum Gasteiger partial charge on any atom is 0.269 e. The molecular formula is C8H9F2NO2. The highest BCUT2D eigenvalue weighted by Crippen LogP contribution is 2.31. The molecule has 0 fully saturated rings. The molecule has 13 heavy (non-hydrogen) atoms. The van der Waals surface area contributed by atoms with E-state index in [2.05, 4.69) is 9.72 Å². The number of aromatic nitrogens is 1. The summed E-state index contributed by atoms with van der Waals surface area (Å²) in [5.41, 5.74) is -0.133. The number of rotatable bonds is 2. The highest BCUT2D eigenvalue weighted by Gasteiger charge is 2.17. The van der Waals surface area contributed by atoms with E-state index in [1.54, 1.807) is 0 Å². The molecule has 0 spiro atoms. The monoisotopic (exact) mass is 189 g/mol. The van der Waals surface area contributed by atoms with E-state index in [4.69, 9.17) is 5.11 Å². The fraction of sp³-hybridized carbons (Fsp3) is 0.375. The second-order valence-corrected chi connectivity index (χ2v) is 2.49. The number of aryl methyl sites for hydroxylation is 1. The summed E-state index contributed by atoms with van der Waals surface area (Å²) in [7, 11) is 1.25. The summed E-state index contributed by atoms with van der Waals surface area (Å²) in [6, 6.07) is 0.964. The predicted octanol–water partition coefficient (Wildman–Crippen LogP) is 2.04. The van der Waals surface area contributed by atoms with Crippen molar-refractivity contribution in [2.75, 3.05) is 7.11 Å². The number of halogens is 2. The Morgan fingerprint density at radius 3 is 2.62 bits per heavy atom. The van der Waals surface area contributed by atoms with Crippen molar-refractivity contribution in [1.29, 1.82) is 0 Å². The van der Waals surface area contributed by atoms with Gasteiger partial charge in [-0.25, -0.2) is 13.8 Å². The Labute approximate surface area is 74.0 Å². The minimum Gasteiger partial charge on any atom is -0.506 e. The van der Waals surface area contributed by atoms with Gasteiger partial charge in [0.1, 0.15) is 5.75 Å². The molecule has 0 aromatic carbocycles. The lowest BCUT2D eigenvalue weighted by Crippen LogP contribution is -1.97.